The first kappa shape index (κ1) is 27.7. The van der Waals surface area contributed by atoms with Crippen LogP contribution in [0.5, 0.6) is 0 Å². The van der Waals surface area contributed by atoms with Crippen molar-refractivity contribution in [3.05, 3.63) is 125 Å². The maximum Gasteiger partial charge on any atom is 0.0464 e. The standard InChI is InChI=1S/C39H43N/c1-5-6-7-8-9-10-14-32-15-12-17-38(27-32)40(37-16-11-13-29(2)26-37)36-23-20-33(21-24-36)34-22-25-39-31(4)30(3)18-19-35(39)28-34/h11-13,15-28H,5-10,14H2,1-4H3. The summed E-state index contributed by atoms with van der Waals surface area (Å²) in [4.78, 5) is 2.40. The van der Waals surface area contributed by atoms with E-state index in [0.29, 0.717) is 0 Å². The molecule has 0 bridgehead atoms. The third kappa shape index (κ3) is 6.48. The molecule has 5 rings (SSSR count). The third-order valence-corrected chi connectivity index (χ3v) is 8.27. The molecule has 0 aliphatic rings. The number of hydrogen-bond donors (Lipinski definition) is 0. The Morgan fingerprint density at radius 1 is 0.550 bits per heavy atom. The minimum Gasteiger partial charge on any atom is -0.310 e. The molecular weight excluding hydrogens is 482 g/mol. The second-order valence-corrected chi connectivity index (χ2v) is 11.4. The van der Waals surface area contributed by atoms with Crippen LogP contribution in [0.3, 0.4) is 0 Å². The van der Waals surface area contributed by atoms with E-state index in [9.17, 15) is 0 Å². The van der Waals surface area contributed by atoms with E-state index >= 15 is 0 Å². The van der Waals surface area contributed by atoms with Crippen molar-refractivity contribution in [2.24, 2.45) is 0 Å². The highest BCUT2D eigenvalue weighted by atomic mass is 15.1. The van der Waals surface area contributed by atoms with Gasteiger partial charge in [0.1, 0.15) is 0 Å². The van der Waals surface area contributed by atoms with Crippen molar-refractivity contribution in [3.8, 4) is 11.1 Å². The van der Waals surface area contributed by atoms with E-state index in [4.69, 9.17) is 0 Å². The summed E-state index contributed by atoms with van der Waals surface area (Å²) in [6, 6.07) is 38.3. The zero-order valence-corrected chi connectivity index (χ0v) is 24.7. The minimum atomic E-state index is 1.14. The Hall–Kier alpha value is -3.84. The fourth-order valence-electron chi connectivity index (χ4n) is 5.75. The molecular formula is C39H43N. The average molecular weight is 526 g/mol. The van der Waals surface area contributed by atoms with E-state index in [0.717, 1.165) is 6.42 Å². The fraction of sp³-hybridized carbons (Fsp3) is 0.282. The Morgan fingerprint density at radius 2 is 1.25 bits per heavy atom. The summed E-state index contributed by atoms with van der Waals surface area (Å²) < 4.78 is 0. The summed E-state index contributed by atoms with van der Waals surface area (Å²) in [5.41, 5.74) is 11.5. The molecule has 0 aliphatic heterocycles. The topological polar surface area (TPSA) is 3.24 Å². The molecule has 0 atom stereocenters. The first-order chi connectivity index (χ1) is 19.5. The van der Waals surface area contributed by atoms with E-state index in [1.807, 2.05) is 0 Å². The number of rotatable bonds is 11. The molecule has 0 amide bonds. The van der Waals surface area contributed by atoms with Crippen molar-refractivity contribution in [3.63, 3.8) is 0 Å². The maximum absolute atomic E-state index is 2.40. The van der Waals surface area contributed by atoms with Gasteiger partial charge >= 0.3 is 0 Å². The zero-order chi connectivity index (χ0) is 27.9. The predicted molar refractivity (Wildman–Crippen MR) is 175 cm³/mol. The van der Waals surface area contributed by atoms with Gasteiger partial charge < -0.3 is 4.90 Å². The first-order valence-corrected chi connectivity index (χ1v) is 15.1. The lowest BCUT2D eigenvalue weighted by Gasteiger charge is -2.26. The van der Waals surface area contributed by atoms with E-state index in [2.05, 4.69) is 136 Å². The lowest BCUT2D eigenvalue weighted by Crippen LogP contribution is -2.10. The SMILES string of the molecule is CCCCCCCCc1cccc(N(c2ccc(-c3ccc4c(C)c(C)ccc4c3)cc2)c2cccc(C)c2)c1. The van der Waals surface area contributed by atoms with Crippen molar-refractivity contribution < 1.29 is 0 Å². The minimum absolute atomic E-state index is 1.14. The number of fused-ring (bicyclic) bond motifs is 1. The largest absolute Gasteiger partial charge is 0.310 e. The lowest BCUT2D eigenvalue weighted by atomic mass is 9.96. The molecule has 40 heavy (non-hydrogen) atoms. The molecule has 0 radical (unpaired) electrons. The number of aryl methyl sites for hydroxylation is 4. The Bertz CT molecular complexity index is 1560. The third-order valence-electron chi connectivity index (χ3n) is 8.27. The molecule has 0 heterocycles. The molecule has 5 aromatic carbocycles. The van der Waals surface area contributed by atoms with Gasteiger partial charge in [-0.15, -0.1) is 0 Å². The van der Waals surface area contributed by atoms with Gasteiger partial charge in [-0.25, -0.2) is 0 Å². The van der Waals surface area contributed by atoms with Crippen LogP contribution in [0.2, 0.25) is 0 Å². The van der Waals surface area contributed by atoms with Gasteiger partial charge in [-0.3, -0.25) is 0 Å². The second-order valence-electron chi connectivity index (χ2n) is 11.4. The summed E-state index contributed by atoms with van der Waals surface area (Å²) in [5.74, 6) is 0. The summed E-state index contributed by atoms with van der Waals surface area (Å²) in [6.45, 7) is 8.85. The Balaban J connectivity index is 1.42. The van der Waals surface area contributed by atoms with Gasteiger partial charge in [0, 0.05) is 17.1 Å². The molecule has 204 valence electrons. The molecule has 0 unspecified atom stereocenters. The van der Waals surface area contributed by atoms with Crippen molar-refractivity contribution in [2.45, 2.75) is 72.6 Å². The van der Waals surface area contributed by atoms with Gasteiger partial charge in [-0.2, -0.15) is 0 Å². The van der Waals surface area contributed by atoms with Crippen LogP contribution in [0.4, 0.5) is 17.1 Å². The first-order valence-electron chi connectivity index (χ1n) is 15.1. The molecule has 0 spiro atoms. The molecule has 1 heteroatoms. The quantitative estimate of drug-likeness (QED) is 0.155. The monoisotopic (exact) mass is 525 g/mol. The molecule has 0 N–H and O–H groups in total. The molecule has 0 aliphatic carbocycles. The smallest absolute Gasteiger partial charge is 0.0464 e. The molecule has 0 aromatic heterocycles. The summed E-state index contributed by atoms with van der Waals surface area (Å²) in [7, 11) is 0. The number of anilines is 3. The second kappa shape index (κ2) is 13.0. The zero-order valence-electron chi connectivity index (χ0n) is 24.7. The number of unbranched alkanes of at least 4 members (excludes halogenated alkanes) is 5. The van der Waals surface area contributed by atoms with Crippen LogP contribution in [0.15, 0.2) is 103 Å². The van der Waals surface area contributed by atoms with E-state index < -0.39 is 0 Å². The maximum atomic E-state index is 2.40. The van der Waals surface area contributed by atoms with Crippen molar-refractivity contribution in [1.29, 1.82) is 0 Å². The number of nitrogens with zero attached hydrogens (tertiary/aromatic N) is 1. The van der Waals surface area contributed by atoms with Crippen LogP contribution in [0.25, 0.3) is 21.9 Å². The van der Waals surface area contributed by atoms with Gasteiger partial charge in [0.2, 0.25) is 0 Å². The van der Waals surface area contributed by atoms with Crippen LogP contribution < -0.4 is 4.90 Å². The van der Waals surface area contributed by atoms with Crippen LogP contribution in [0.1, 0.15) is 67.7 Å². The van der Waals surface area contributed by atoms with E-state index in [1.165, 1.54) is 99.7 Å². The van der Waals surface area contributed by atoms with Crippen molar-refractivity contribution in [1.82, 2.24) is 0 Å². The molecule has 5 aromatic rings. The predicted octanol–water partition coefficient (Wildman–Crippen LogP) is 11.8. The number of hydrogen-bond acceptors (Lipinski definition) is 1. The van der Waals surface area contributed by atoms with Gasteiger partial charge in [0.05, 0.1) is 0 Å². The summed E-state index contributed by atoms with van der Waals surface area (Å²) >= 11 is 0. The highest BCUT2D eigenvalue weighted by molar-refractivity contribution is 5.90. The molecule has 1 nitrogen and oxygen atoms in total. The Labute approximate surface area is 241 Å². The number of benzene rings is 5. The Kier molecular flexibility index (Phi) is 9.01. The normalized spacial score (nSPS) is 11.2. The molecule has 0 fully saturated rings. The lowest BCUT2D eigenvalue weighted by molar-refractivity contribution is 0.607. The summed E-state index contributed by atoms with van der Waals surface area (Å²) in [5, 5.41) is 2.64. The van der Waals surface area contributed by atoms with Crippen LogP contribution in [0, 0.1) is 20.8 Å². The van der Waals surface area contributed by atoms with Crippen molar-refractivity contribution >= 4 is 27.8 Å². The average Bonchev–Trinajstić information content (AvgIpc) is 2.97. The van der Waals surface area contributed by atoms with Crippen molar-refractivity contribution in [2.75, 3.05) is 4.90 Å². The van der Waals surface area contributed by atoms with E-state index in [1.54, 1.807) is 0 Å². The van der Waals surface area contributed by atoms with Crippen LogP contribution >= 0.6 is 0 Å². The van der Waals surface area contributed by atoms with Gasteiger partial charge in [0.15, 0.2) is 0 Å². The van der Waals surface area contributed by atoms with Gasteiger partial charge in [0.25, 0.3) is 0 Å². The fourth-order valence-corrected chi connectivity index (χ4v) is 5.75. The van der Waals surface area contributed by atoms with Crippen LogP contribution in [-0.4, -0.2) is 0 Å². The Morgan fingerprint density at radius 3 is 2.02 bits per heavy atom. The molecule has 0 saturated heterocycles. The van der Waals surface area contributed by atoms with Gasteiger partial charge in [-0.05, 0) is 120 Å². The van der Waals surface area contributed by atoms with Crippen LogP contribution in [-0.2, 0) is 6.42 Å². The summed E-state index contributed by atoms with van der Waals surface area (Å²) in [6.07, 6.45) is 9.11. The van der Waals surface area contributed by atoms with E-state index in [-0.39, 0.29) is 0 Å². The highest BCUT2D eigenvalue weighted by Crippen LogP contribution is 2.37. The molecule has 0 saturated carbocycles. The van der Waals surface area contributed by atoms with Gasteiger partial charge in [-0.1, -0.05) is 99.7 Å². The highest BCUT2D eigenvalue weighted by Gasteiger charge is 2.14.